The van der Waals surface area contributed by atoms with Gasteiger partial charge in [0, 0.05) is 6.54 Å². The van der Waals surface area contributed by atoms with Gasteiger partial charge in [-0.1, -0.05) is 11.6 Å². The lowest BCUT2D eigenvalue weighted by atomic mass is 10.7. The third kappa shape index (κ3) is 5.86. The van der Waals surface area contributed by atoms with E-state index in [4.69, 9.17) is 23.1 Å². The molecule has 0 aliphatic heterocycles. The maximum Gasteiger partial charge on any atom is 0.250 e. The van der Waals surface area contributed by atoms with Crippen molar-refractivity contribution < 1.29 is 8.42 Å². The lowest BCUT2D eigenvalue weighted by Crippen LogP contribution is -2.28. The first kappa shape index (κ1) is 16.9. The minimum Gasteiger partial charge on any atom is -0.370 e. The van der Waals surface area contributed by atoms with Crippen molar-refractivity contribution in [1.29, 1.82) is 0 Å². The molecule has 1 aromatic heterocycles. The van der Waals surface area contributed by atoms with Crippen molar-refractivity contribution in [2.24, 2.45) is 16.5 Å². The van der Waals surface area contributed by atoms with Crippen molar-refractivity contribution in [2.75, 3.05) is 13.1 Å². The topological polar surface area (TPSA) is 111 Å². The first-order valence-electron chi connectivity index (χ1n) is 4.22. The van der Waals surface area contributed by atoms with Crippen molar-refractivity contribution in [3.05, 3.63) is 16.5 Å². The second-order valence-corrected chi connectivity index (χ2v) is 6.47. The fraction of sp³-hybridized carbons (Fsp3) is 0.286. The van der Waals surface area contributed by atoms with Crippen LogP contribution in [0.1, 0.15) is 0 Å². The van der Waals surface area contributed by atoms with Crippen LogP contribution < -0.4 is 16.2 Å². The van der Waals surface area contributed by atoms with Crippen molar-refractivity contribution in [3.63, 3.8) is 0 Å². The Bertz CT molecular complexity index is 484. The lowest BCUT2D eigenvalue weighted by molar-refractivity contribution is 0.584. The molecule has 1 aromatic rings. The summed E-state index contributed by atoms with van der Waals surface area (Å²) in [6.07, 6.45) is 0. The van der Waals surface area contributed by atoms with Gasteiger partial charge in [0.15, 0.2) is 5.96 Å². The molecule has 10 heteroatoms. The van der Waals surface area contributed by atoms with Crippen LogP contribution in [-0.4, -0.2) is 27.5 Å². The van der Waals surface area contributed by atoms with Gasteiger partial charge < -0.3 is 11.5 Å². The number of thiophene rings is 1. The molecule has 0 radical (unpaired) electrons. The molecular weight excluding hydrogens is 399 g/mol. The summed E-state index contributed by atoms with van der Waals surface area (Å²) in [5.74, 6) is -0.0710. The van der Waals surface area contributed by atoms with Gasteiger partial charge >= 0.3 is 0 Å². The van der Waals surface area contributed by atoms with Crippen LogP contribution in [0, 0.1) is 0 Å². The summed E-state index contributed by atoms with van der Waals surface area (Å²) >= 11 is 6.63. The highest BCUT2D eigenvalue weighted by Crippen LogP contribution is 2.24. The first-order chi connectivity index (χ1) is 7.42. The third-order valence-electron chi connectivity index (χ3n) is 1.51. The Kier molecular flexibility index (Phi) is 7.32. The van der Waals surface area contributed by atoms with Crippen molar-refractivity contribution in [1.82, 2.24) is 4.72 Å². The summed E-state index contributed by atoms with van der Waals surface area (Å²) in [6, 6.07) is 2.96. The summed E-state index contributed by atoms with van der Waals surface area (Å²) in [6.45, 7) is 0.330. The second-order valence-electron chi connectivity index (χ2n) is 2.76. The molecule has 6 nitrogen and oxygen atoms in total. The number of hydrogen-bond donors (Lipinski definition) is 3. The van der Waals surface area contributed by atoms with Gasteiger partial charge in [0.1, 0.15) is 4.21 Å². The van der Waals surface area contributed by atoms with Crippen LogP contribution in [0.3, 0.4) is 0 Å². The van der Waals surface area contributed by atoms with E-state index in [-0.39, 0.29) is 47.2 Å². The highest BCUT2D eigenvalue weighted by molar-refractivity contribution is 14.0. The number of rotatable bonds is 5. The van der Waals surface area contributed by atoms with Gasteiger partial charge in [-0.3, -0.25) is 4.99 Å². The molecule has 0 fully saturated rings. The highest BCUT2D eigenvalue weighted by Gasteiger charge is 2.15. The molecule has 0 saturated carbocycles. The molecule has 0 aromatic carbocycles. The van der Waals surface area contributed by atoms with Crippen LogP contribution in [0.5, 0.6) is 0 Å². The minimum absolute atomic E-state index is 0. The Morgan fingerprint density at radius 1 is 1.47 bits per heavy atom. The Morgan fingerprint density at radius 3 is 2.59 bits per heavy atom. The number of hydrogen-bond acceptors (Lipinski definition) is 4. The fourth-order valence-electron chi connectivity index (χ4n) is 0.878. The van der Waals surface area contributed by atoms with E-state index in [1.807, 2.05) is 0 Å². The fourth-order valence-corrected chi connectivity index (χ4v) is 3.43. The number of halogens is 2. The van der Waals surface area contributed by atoms with Gasteiger partial charge in [0.25, 0.3) is 0 Å². The van der Waals surface area contributed by atoms with Gasteiger partial charge in [-0.2, -0.15) is 0 Å². The van der Waals surface area contributed by atoms with Crippen molar-refractivity contribution >= 4 is 62.9 Å². The molecule has 0 bridgehead atoms. The van der Waals surface area contributed by atoms with Crippen molar-refractivity contribution in [3.8, 4) is 0 Å². The van der Waals surface area contributed by atoms with Crippen LogP contribution in [0.2, 0.25) is 4.34 Å². The van der Waals surface area contributed by atoms with E-state index in [1.165, 1.54) is 12.1 Å². The molecule has 17 heavy (non-hydrogen) atoms. The molecule has 0 unspecified atom stereocenters. The zero-order valence-electron chi connectivity index (χ0n) is 8.59. The molecule has 0 amide bonds. The van der Waals surface area contributed by atoms with E-state index in [0.717, 1.165) is 11.3 Å². The third-order valence-corrected chi connectivity index (χ3v) is 4.70. The Hall–Kier alpha value is -0.100. The number of nitrogens with two attached hydrogens (primary N) is 2. The molecule has 1 heterocycles. The van der Waals surface area contributed by atoms with Gasteiger partial charge in [-0.05, 0) is 12.1 Å². The minimum atomic E-state index is -3.50. The summed E-state index contributed by atoms with van der Waals surface area (Å²) in [4.78, 5) is 3.65. The number of aliphatic imine (C=N–C) groups is 1. The molecule has 98 valence electrons. The van der Waals surface area contributed by atoms with Gasteiger partial charge in [-0.15, -0.1) is 35.3 Å². The Balaban J connectivity index is 0.00000256. The molecule has 0 aliphatic carbocycles. The van der Waals surface area contributed by atoms with E-state index < -0.39 is 10.0 Å². The van der Waals surface area contributed by atoms with Crippen LogP contribution in [0.4, 0.5) is 0 Å². The summed E-state index contributed by atoms with van der Waals surface area (Å²) in [5, 5.41) is 0. The molecule has 1 rings (SSSR count). The van der Waals surface area contributed by atoms with Crippen LogP contribution in [0.15, 0.2) is 21.3 Å². The molecule has 0 spiro atoms. The number of nitrogens with one attached hydrogen (secondary N) is 1. The average molecular weight is 411 g/mol. The maximum absolute atomic E-state index is 11.6. The maximum atomic E-state index is 11.6. The second kappa shape index (κ2) is 7.36. The summed E-state index contributed by atoms with van der Waals surface area (Å²) in [5.41, 5.74) is 10.2. The van der Waals surface area contributed by atoms with Crippen LogP contribution in [-0.2, 0) is 10.0 Å². The van der Waals surface area contributed by atoms with Crippen LogP contribution in [0.25, 0.3) is 0 Å². The largest absolute Gasteiger partial charge is 0.370 e. The molecule has 5 N–H and O–H groups in total. The molecule has 0 aliphatic rings. The van der Waals surface area contributed by atoms with E-state index >= 15 is 0 Å². The summed E-state index contributed by atoms with van der Waals surface area (Å²) in [7, 11) is -3.50. The first-order valence-corrected chi connectivity index (χ1v) is 6.90. The van der Waals surface area contributed by atoms with Gasteiger partial charge in [0.05, 0.1) is 10.9 Å². The standard InChI is InChI=1S/C7H11ClN4O2S2.HI/c8-5-1-2-6(15-5)16(13,14)12-4-3-11-7(9)10;/h1-2,12H,3-4H2,(H4,9,10,11);1H. The average Bonchev–Trinajstić information content (AvgIpc) is 2.60. The number of guanidine groups is 1. The zero-order valence-corrected chi connectivity index (χ0v) is 13.3. The number of sulfonamides is 1. The molecular formula is C7H12ClIN4O2S2. The molecule has 0 saturated heterocycles. The van der Waals surface area contributed by atoms with E-state index in [1.54, 1.807) is 0 Å². The van der Waals surface area contributed by atoms with E-state index in [9.17, 15) is 8.42 Å². The van der Waals surface area contributed by atoms with E-state index in [2.05, 4.69) is 9.71 Å². The van der Waals surface area contributed by atoms with Crippen molar-refractivity contribution in [2.45, 2.75) is 4.21 Å². The van der Waals surface area contributed by atoms with Gasteiger partial charge in [0.2, 0.25) is 10.0 Å². The monoisotopic (exact) mass is 410 g/mol. The normalized spacial score (nSPS) is 10.6. The predicted octanol–water partition coefficient (Wildman–Crippen LogP) is 0.571. The zero-order chi connectivity index (χ0) is 12.2. The number of nitrogens with zero attached hydrogens (tertiary/aromatic N) is 1. The molecule has 0 atom stereocenters. The smallest absolute Gasteiger partial charge is 0.250 e. The lowest BCUT2D eigenvalue weighted by Gasteiger charge is -2.02. The highest BCUT2D eigenvalue weighted by atomic mass is 127. The Labute approximate surface area is 125 Å². The van der Waals surface area contributed by atoms with E-state index in [0.29, 0.717) is 4.34 Å². The predicted molar refractivity (Wildman–Crippen MR) is 80.6 cm³/mol. The summed E-state index contributed by atoms with van der Waals surface area (Å²) < 4.78 is 26.2. The SMILES string of the molecule is I.NC(N)=NCCNS(=O)(=O)c1ccc(Cl)s1. The Morgan fingerprint density at radius 2 is 2.12 bits per heavy atom. The van der Waals surface area contributed by atoms with Gasteiger partial charge in [-0.25, -0.2) is 13.1 Å². The quantitative estimate of drug-likeness (QED) is 0.285. The van der Waals surface area contributed by atoms with Crippen LogP contribution >= 0.6 is 46.9 Å².